The van der Waals surface area contributed by atoms with Crippen molar-refractivity contribution in [2.75, 3.05) is 18.4 Å². The lowest BCUT2D eigenvalue weighted by atomic mass is 10.1. The Labute approximate surface area is 149 Å². The predicted octanol–water partition coefficient (Wildman–Crippen LogP) is 3.31. The molecule has 0 aliphatic carbocycles. The van der Waals surface area contributed by atoms with Gasteiger partial charge in [-0.05, 0) is 38.0 Å². The molecule has 3 atom stereocenters. The van der Waals surface area contributed by atoms with Gasteiger partial charge in [-0.2, -0.15) is 0 Å². The molecule has 1 aliphatic heterocycles. The van der Waals surface area contributed by atoms with E-state index in [9.17, 15) is 9.59 Å². The fraction of sp³-hybridized carbons (Fsp3) is 0.579. The highest BCUT2D eigenvalue weighted by Crippen LogP contribution is 2.18. The van der Waals surface area contributed by atoms with Crippen molar-refractivity contribution >= 4 is 17.6 Å². The Bertz CT molecular complexity index is 588. The molecule has 138 valence electrons. The zero-order chi connectivity index (χ0) is 18.4. The average molecular weight is 347 g/mol. The summed E-state index contributed by atoms with van der Waals surface area (Å²) in [4.78, 5) is 25.8. The summed E-state index contributed by atoms with van der Waals surface area (Å²) < 4.78 is 5.80. The van der Waals surface area contributed by atoms with Gasteiger partial charge in [0.15, 0.2) is 0 Å². The number of ether oxygens (including phenoxy) is 1. The minimum atomic E-state index is -0.110. The lowest BCUT2D eigenvalue weighted by Crippen LogP contribution is -2.52. The van der Waals surface area contributed by atoms with Gasteiger partial charge in [0.05, 0.1) is 18.2 Å². The van der Waals surface area contributed by atoms with Crippen LogP contribution in [0.4, 0.5) is 10.5 Å². The zero-order valence-electron chi connectivity index (χ0n) is 15.5. The second-order valence-electron chi connectivity index (χ2n) is 6.58. The average Bonchev–Trinajstić information content (AvgIpc) is 2.61. The quantitative estimate of drug-likeness (QED) is 0.858. The lowest BCUT2D eigenvalue weighted by Gasteiger charge is -2.37. The molecule has 3 amide bonds. The molecule has 0 spiro atoms. The second-order valence-corrected chi connectivity index (χ2v) is 6.58. The van der Waals surface area contributed by atoms with Crippen molar-refractivity contribution < 1.29 is 14.3 Å². The van der Waals surface area contributed by atoms with Crippen molar-refractivity contribution in [3.8, 4) is 0 Å². The van der Waals surface area contributed by atoms with Gasteiger partial charge in [-0.3, -0.25) is 4.79 Å². The van der Waals surface area contributed by atoms with E-state index in [0.717, 1.165) is 17.7 Å². The molecule has 0 bridgehead atoms. The van der Waals surface area contributed by atoms with E-state index in [0.29, 0.717) is 19.5 Å². The molecule has 6 nitrogen and oxygen atoms in total. The number of rotatable bonds is 5. The van der Waals surface area contributed by atoms with Crippen LogP contribution in [0.1, 0.15) is 52.1 Å². The van der Waals surface area contributed by atoms with E-state index in [4.69, 9.17) is 4.74 Å². The fourth-order valence-electron chi connectivity index (χ4n) is 2.90. The normalized spacial score (nSPS) is 21.5. The van der Waals surface area contributed by atoms with Gasteiger partial charge in [-0.25, -0.2) is 4.79 Å². The summed E-state index contributed by atoms with van der Waals surface area (Å²) in [6, 6.07) is 7.39. The van der Waals surface area contributed by atoms with Gasteiger partial charge in [0.2, 0.25) is 5.91 Å². The van der Waals surface area contributed by atoms with Crippen LogP contribution in [-0.4, -0.2) is 42.1 Å². The van der Waals surface area contributed by atoms with Crippen molar-refractivity contribution in [2.24, 2.45) is 0 Å². The first-order chi connectivity index (χ1) is 11.9. The first-order valence-electron chi connectivity index (χ1n) is 9.03. The molecule has 0 aromatic heterocycles. The molecule has 2 rings (SSSR count). The highest BCUT2D eigenvalue weighted by molar-refractivity contribution is 5.90. The van der Waals surface area contributed by atoms with Crippen LogP contribution in [0, 0.1) is 0 Å². The van der Waals surface area contributed by atoms with Crippen molar-refractivity contribution in [2.45, 2.75) is 58.8 Å². The maximum Gasteiger partial charge on any atom is 0.318 e. The first kappa shape index (κ1) is 19.2. The van der Waals surface area contributed by atoms with Gasteiger partial charge in [-0.1, -0.05) is 26.0 Å². The lowest BCUT2D eigenvalue weighted by molar-refractivity contribution is -0.115. The molecule has 0 unspecified atom stereocenters. The molecule has 1 aromatic carbocycles. The van der Waals surface area contributed by atoms with Gasteiger partial charge in [0.1, 0.15) is 0 Å². The molecule has 25 heavy (non-hydrogen) atoms. The number of nitrogens with one attached hydrogen (secondary N) is 2. The predicted molar refractivity (Wildman–Crippen MR) is 98.5 cm³/mol. The minimum absolute atomic E-state index is 0.0129. The number of anilines is 1. The van der Waals surface area contributed by atoms with Gasteiger partial charge in [0, 0.05) is 25.2 Å². The summed E-state index contributed by atoms with van der Waals surface area (Å²) in [6.45, 7) is 9.07. The van der Waals surface area contributed by atoms with E-state index in [1.165, 1.54) is 0 Å². The Morgan fingerprint density at radius 2 is 1.92 bits per heavy atom. The van der Waals surface area contributed by atoms with Crippen LogP contribution in [-0.2, 0) is 9.53 Å². The Morgan fingerprint density at radius 3 is 2.52 bits per heavy atom. The highest BCUT2D eigenvalue weighted by atomic mass is 16.5. The van der Waals surface area contributed by atoms with E-state index >= 15 is 0 Å². The third-order valence-electron chi connectivity index (χ3n) is 4.42. The number of nitrogens with zero attached hydrogens (tertiary/aromatic N) is 1. The second kappa shape index (κ2) is 8.85. The van der Waals surface area contributed by atoms with E-state index in [-0.39, 0.29) is 30.2 Å². The van der Waals surface area contributed by atoms with Gasteiger partial charge in [0.25, 0.3) is 0 Å². The van der Waals surface area contributed by atoms with E-state index in [2.05, 4.69) is 17.6 Å². The number of amides is 3. The van der Waals surface area contributed by atoms with Crippen LogP contribution in [0.3, 0.4) is 0 Å². The molecule has 1 aromatic rings. The van der Waals surface area contributed by atoms with Crippen molar-refractivity contribution in [3.63, 3.8) is 0 Å². The van der Waals surface area contributed by atoms with E-state index in [1.807, 2.05) is 49.9 Å². The van der Waals surface area contributed by atoms with Crippen LogP contribution in [0.2, 0.25) is 0 Å². The monoisotopic (exact) mass is 347 g/mol. The maximum absolute atomic E-state index is 12.5. The third-order valence-corrected chi connectivity index (χ3v) is 4.42. The van der Waals surface area contributed by atoms with Crippen LogP contribution in [0.25, 0.3) is 0 Å². The van der Waals surface area contributed by atoms with E-state index < -0.39 is 0 Å². The molecule has 1 heterocycles. The number of carbonyl (C=O) groups excluding carboxylic acids is 2. The molecular weight excluding hydrogens is 318 g/mol. The zero-order valence-corrected chi connectivity index (χ0v) is 15.5. The molecule has 0 saturated carbocycles. The van der Waals surface area contributed by atoms with Crippen molar-refractivity contribution in [1.29, 1.82) is 0 Å². The minimum Gasteiger partial charge on any atom is -0.372 e. The standard InChI is InChI=1S/C19H29N3O3/c1-5-17-12-22(11-13(3)25-17)19(24)20-14(4)15-7-9-16(10-8-15)21-18(23)6-2/h7-10,13-14,17H,5-6,11-12H2,1-4H3,(H,20,24)(H,21,23)/t13-,14+,17-/m1/s1. The van der Waals surface area contributed by atoms with Crippen LogP contribution < -0.4 is 10.6 Å². The van der Waals surface area contributed by atoms with Gasteiger partial charge >= 0.3 is 6.03 Å². The Morgan fingerprint density at radius 1 is 1.24 bits per heavy atom. The van der Waals surface area contributed by atoms with Gasteiger partial charge in [-0.15, -0.1) is 0 Å². The van der Waals surface area contributed by atoms with Crippen molar-refractivity contribution in [3.05, 3.63) is 29.8 Å². The Balaban J connectivity index is 1.93. The number of benzene rings is 1. The fourth-order valence-corrected chi connectivity index (χ4v) is 2.90. The molecule has 1 saturated heterocycles. The summed E-state index contributed by atoms with van der Waals surface area (Å²) in [5.74, 6) is -0.0129. The van der Waals surface area contributed by atoms with Crippen LogP contribution in [0.15, 0.2) is 24.3 Å². The number of hydrogen-bond acceptors (Lipinski definition) is 3. The Kier molecular flexibility index (Phi) is 6.82. The van der Waals surface area contributed by atoms with Crippen LogP contribution in [0.5, 0.6) is 0 Å². The summed E-state index contributed by atoms with van der Waals surface area (Å²) in [5, 5.41) is 5.86. The first-order valence-corrected chi connectivity index (χ1v) is 9.03. The highest BCUT2D eigenvalue weighted by Gasteiger charge is 2.28. The molecule has 0 radical (unpaired) electrons. The van der Waals surface area contributed by atoms with Crippen LogP contribution >= 0.6 is 0 Å². The molecule has 2 N–H and O–H groups in total. The molecule has 1 aliphatic rings. The number of carbonyl (C=O) groups is 2. The van der Waals surface area contributed by atoms with Crippen molar-refractivity contribution in [1.82, 2.24) is 10.2 Å². The van der Waals surface area contributed by atoms with Gasteiger partial charge < -0.3 is 20.3 Å². The SMILES string of the molecule is CCC(=O)Nc1ccc([C@H](C)NC(=O)N2C[C@@H](CC)O[C@H](C)C2)cc1. The maximum atomic E-state index is 12.5. The van der Waals surface area contributed by atoms with E-state index in [1.54, 1.807) is 0 Å². The summed E-state index contributed by atoms with van der Waals surface area (Å²) >= 11 is 0. The number of morpholine rings is 1. The summed E-state index contributed by atoms with van der Waals surface area (Å²) in [5.41, 5.74) is 1.76. The molecular formula is C19H29N3O3. The number of hydrogen-bond donors (Lipinski definition) is 2. The third kappa shape index (κ3) is 5.46. The summed E-state index contributed by atoms with van der Waals surface area (Å²) in [6.07, 6.45) is 1.51. The topological polar surface area (TPSA) is 70.7 Å². The number of urea groups is 1. The smallest absolute Gasteiger partial charge is 0.318 e. The Hall–Kier alpha value is -2.08. The molecule has 6 heteroatoms. The summed E-state index contributed by atoms with van der Waals surface area (Å²) in [7, 11) is 0. The molecule has 1 fully saturated rings. The largest absolute Gasteiger partial charge is 0.372 e.